The van der Waals surface area contributed by atoms with Crippen LogP contribution in [0.15, 0.2) is 24.3 Å². The van der Waals surface area contributed by atoms with Gasteiger partial charge in [0.1, 0.15) is 5.75 Å². The molecule has 0 saturated heterocycles. The van der Waals surface area contributed by atoms with Crippen LogP contribution in [0.1, 0.15) is 32.3 Å². The molecule has 3 heteroatoms. The lowest BCUT2D eigenvalue weighted by Gasteiger charge is -2.14. The van der Waals surface area contributed by atoms with Gasteiger partial charge in [-0.15, -0.1) is 0 Å². The number of aliphatic carboxylic acids is 1. The second kappa shape index (κ2) is 6.94. The molecule has 1 N–H and O–H groups in total. The molecule has 0 heterocycles. The third-order valence-electron chi connectivity index (χ3n) is 2.89. The van der Waals surface area contributed by atoms with Gasteiger partial charge in [0.05, 0.1) is 13.0 Å². The predicted molar refractivity (Wildman–Crippen MR) is 67.3 cm³/mol. The van der Waals surface area contributed by atoms with Crippen LogP contribution in [0.25, 0.3) is 0 Å². The molecule has 0 atom stereocenters. The van der Waals surface area contributed by atoms with E-state index in [4.69, 9.17) is 9.84 Å². The van der Waals surface area contributed by atoms with Crippen molar-refractivity contribution < 1.29 is 14.6 Å². The fraction of sp³-hybridized carbons (Fsp3) is 0.500. The number of carbonyl (C=O) groups is 1. The van der Waals surface area contributed by atoms with Gasteiger partial charge < -0.3 is 9.84 Å². The van der Waals surface area contributed by atoms with Gasteiger partial charge in [0, 0.05) is 0 Å². The Labute approximate surface area is 102 Å². The van der Waals surface area contributed by atoms with E-state index in [1.165, 1.54) is 0 Å². The van der Waals surface area contributed by atoms with E-state index in [1.807, 2.05) is 12.1 Å². The van der Waals surface area contributed by atoms with Gasteiger partial charge in [-0.1, -0.05) is 38.8 Å². The van der Waals surface area contributed by atoms with Crippen molar-refractivity contribution in [2.45, 2.75) is 33.1 Å². The Morgan fingerprint density at radius 2 is 2.06 bits per heavy atom. The second-order valence-corrected chi connectivity index (χ2v) is 4.21. The van der Waals surface area contributed by atoms with Gasteiger partial charge in [0.2, 0.25) is 0 Å². The highest BCUT2D eigenvalue weighted by Crippen LogP contribution is 2.16. The van der Waals surface area contributed by atoms with Gasteiger partial charge in [0.15, 0.2) is 0 Å². The highest BCUT2D eigenvalue weighted by molar-refractivity contribution is 5.70. The van der Waals surface area contributed by atoms with Crippen LogP contribution in [0.2, 0.25) is 0 Å². The Hall–Kier alpha value is -1.51. The van der Waals surface area contributed by atoms with Crippen molar-refractivity contribution in [1.82, 2.24) is 0 Å². The average Bonchev–Trinajstić information content (AvgIpc) is 2.30. The molecule has 0 spiro atoms. The first-order valence-electron chi connectivity index (χ1n) is 6.09. The van der Waals surface area contributed by atoms with E-state index in [0.717, 1.165) is 24.2 Å². The summed E-state index contributed by atoms with van der Waals surface area (Å²) in [7, 11) is 0. The molecule has 0 bridgehead atoms. The molecule has 0 fully saturated rings. The summed E-state index contributed by atoms with van der Waals surface area (Å²) in [5, 5.41) is 8.71. The van der Waals surface area contributed by atoms with Gasteiger partial charge in [-0.25, -0.2) is 0 Å². The molecule has 0 saturated carbocycles. The summed E-state index contributed by atoms with van der Waals surface area (Å²) >= 11 is 0. The number of rotatable bonds is 7. The summed E-state index contributed by atoms with van der Waals surface area (Å²) in [6.45, 7) is 5.00. The van der Waals surface area contributed by atoms with Crippen LogP contribution in [-0.2, 0) is 11.2 Å². The molecule has 1 aromatic rings. The monoisotopic (exact) mass is 236 g/mol. The van der Waals surface area contributed by atoms with E-state index in [9.17, 15) is 4.79 Å². The summed E-state index contributed by atoms with van der Waals surface area (Å²) < 4.78 is 5.68. The molecule has 0 amide bonds. The number of ether oxygens (including phenoxy) is 1. The molecule has 0 aliphatic heterocycles. The Morgan fingerprint density at radius 3 is 2.65 bits per heavy atom. The maximum Gasteiger partial charge on any atom is 0.307 e. The summed E-state index contributed by atoms with van der Waals surface area (Å²) in [6.07, 6.45) is 2.25. The lowest BCUT2D eigenvalue weighted by atomic mass is 10.1. The second-order valence-electron chi connectivity index (χ2n) is 4.21. The molecule has 0 radical (unpaired) electrons. The van der Waals surface area contributed by atoms with Crippen molar-refractivity contribution in [3.05, 3.63) is 29.8 Å². The first-order chi connectivity index (χ1) is 8.15. The summed E-state index contributed by atoms with van der Waals surface area (Å²) in [6, 6.07) is 7.31. The van der Waals surface area contributed by atoms with Crippen LogP contribution in [0, 0.1) is 5.92 Å². The molecule has 3 nitrogen and oxygen atoms in total. The molecule has 0 unspecified atom stereocenters. The van der Waals surface area contributed by atoms with E-state index in [0.29, 0.717) is 12.5 Å². The third-order valence-corrected chi connectivity index (χ3v) is 2.89. The van der Waals surface area contributed by atoms with E-state index < -0.39 is 5.97 Å². The maximum absolute atomic E-state index is 10.6. The standard InChI is InChI=1S/C14H20O3/c1-3-11(4-2)10-17-13-7-5-6-12(8-13)9-14(15)16/h5-8,11H,3-4,9-10H2,1-2H3,(H,15,16). The van der Waals surface area contributed by atoms with Crippen molar-refractivity contribution in [2.24, 2.45) is 5.92 Å². The fourth-order valence-electron chi connectivity index (χ4n) is 1.66. The van der Waals surface area contributed by atoms with Crippen LogP contribution < -0.4 is 4.74 Å². The Balaban J connectivity index is 2.56. The smallest absolute Gasteiger partial charge is 0.307 e. The predicted octanol–water partition coefficient (Wildman–Crippen LogP) is 3.13. The zero-order valence-corrected chi connectivity index (χ0v) is 10.5. The van der Waals surface area contributed by atoms with Crippen molar-refractivity contribution in [1.29, 1.82) is 0 Å². The summed E-state index contributed by atoms with van der Waals surface area (Å²) in [5.74, 6) is 0.510. The van der Waals surface area contributed by atoms with Gasteiger partial charge in [-0.3, -0.25) is 4.79 Å². The van der Waals surface area contributed by atoms with Crippen LogP contribution in [0.4, 0.5) is 0 Å². The molecule has 0 aliphatic rings. The Kier molecular flexibility index (Phi) is 5.53. The van der Waals surface area contributed by atoms with Gasteiger partial charge in [-0.2, -0.15) is 0 Å². The number of benzene rings is 1. The summed E-state index contributed by atoms with van der Waals surface area (Å²) in [4.78, 5) is 10.6. The van der Waals surface area contributed by atoms with Crippen molar-refractivity contribution >= 4 is 5.97 Å². The number of hydrogen-bond donors (Lipinski definition) is 1. The fourth-order valence-corrected chi connectivity index (χ4v) is 1.66. The Bertz CT molecular complexity index is 356. The van der Waals surface area contributed by atoms with Crippen LogP contribution in [0.5, 0.6) is 5.75 Å². The number of carboxylic acid groups (broad SMARTS) is 1. The topological polar surface area (TPSA) is 46.5 Å². The van der Waals surface area contributed by atoms with Gasteiger partial charge in [0.25, 0.3) is 0 Å². The van der Waals surface area contributed by atoms with E-state index in [-0.39, 0.29) is 6.42 Å². The molecule has 1 rings (SSSR count). The highest BCUT2D eigenvalue weighted by Gasteiger charge is 2.06. The molecule has 0 aliphatic carbocycles. The van der Waals surface area contributed by atoms with E-state index in [2.05, 4.69) is 13.8 Å². The lowest BCUT2D eigenvalue weighted by molar-refractivity contribution is -0.136. The maximum atomic E-state index is 10.6. The Morgan fingerprint density at radius 1 is 1.35 bits per heavy atom. The number of hydrogen-bond acceptors (Lipinski definition) is 2. The van der Waals surface area contributed by atoms with Crippen molar-refractivity contribution in [3.63, 3.8) is 0 Å². The van der Waals surface area contributed by atoms with Crippen molar-refractivity contribution in [2.75, 3.05) is 6.61 Å². The lowest BCUT2D eigenvalue weighted by Crippen LogP contribution is -2.10. The quantitative estimate of drug-likeness (QED) is 0.791. The molecular weight excluding hydrogens is 216 g/mol. The van der Waals surface area contributed by atoms with Gasteiger partial charge >= 0.3 is 5.97 Å². The van der Waals surface area contributed by atoms with E-state index in [1.54, 1.807) is 12.1 Å². The molecule has 94 valence electrons. The minimum Gasteiger partial charge on any atom is -0.493 e. The SMILES string of the molecule is CCC(CC)COc1cccc(CC(=O)O)c1. The molecule has 1 aromatic carbocycles. The molecule has 17 heavy (non-hydrogen) atoms. The normalized spacial score (nSPS) is 10.5. The van der Waals surface area contributed by atoms with Crippen LogP contribution in [-0.4, -0.2) is 17.7 Å². The average molecular weight is 236 g/mol. The zero-order valence-electron chi connectivity index (χ0n) is 10.5. The number of carboxylic acids is 1. The van der Waals surface area contributed by atoms with Gasteiger partial charge in [-0.05, 0) is 23.6 Å². The van der Waals surface area contributed by atoms with Crippen LogP contribution in [0.3, 0.4) is 0 Å². The van der Waals surface area contributed by atoms with Crippen molar-refractivity contribution in [3.8, 4) is 5.75 Å². The third kappa shape index (κ3) is 4.89. The zero-order chi connectivity index (χ0) is 12.7. The van der Waals surface area contributed by atoms with E-state index >= 15 is 0 Å². The first-order valence-corrected chi connectivity index (χ1v) is 6.09. The summed E-state index contributed by atoms with van der Waals surface area (Å²) in [5.41, 5.74) is 0.777. The van der Waals surface area contributed by atoms with Crippen LogP contribution >= 0.6 is 0 Å². The highest BCUT2D eigenvalue weighted by atomic mass is 16.5. The minimum atomic E-state index is -0.817. The molecular formula is C14H20O3. The minimum absolute atomic E-state index is 0.0438. The molecule has 0 aromatic heterocycles. The largest absolute Gasteiger partial charge is 0.493 e. The first kappa shape index (κ1) is 13.6.